The summed E-state index contributed by atoms with van der Waals surface area (Å²) in [6, 6.07) is 4.14. The maximum Gasteiger partial charge on any atom is 0.171 e. The van der Waals surface area contributed by atoms with Crippen LogP contribution in [0.1, 0.15) is 25.5 Å². The average Bonchev–Trinajstić information content (AvgIpc) is 2.47. The van der Waals surface area contributed by atoms with Crippen LogP contribution < -0.4 is 4.90 Å². The molecule has 2 atom stereocenters. The second kappa shape index (κ2) is 6.54. The van der Waals surface area contributed by atoms with Crippen molar-refractivity contribution in [3.63, 3.8) is 0 Å². The van der Waals surface area contributed by atoms with E-state index >= 15 is 0 Å². The third kappa shape index (κ3) is 3.52. The van der Waals surface area contributed by atoms with Crippen LogP contribution in [-0.4, -0.2) is 42.7 Å². The highest BCUT2D eigenvalue weighted by Crippen LogP contribution is 2.33. The highest BCUT2D eigenvalue weighted by atomic mass is 32.2. The molecule has 0 amide bonds. The summed E-state index contributed by atoms with van der Waals surface area (Å²) in [4.78, 5) is 1.79. The van der Waals surface area contributed by atoms with Crippen molar-refractivity contribution in [2.45, 2.75) is 25.3 Å². The Morgan fingerprint density at radius 3 is 2.86 bits per heavy atom. The fraction of sp³-hybridized carbons (Fsp3) is 0.571. The molecule has 21 heavy (non-hydrogen) atoms. The van der Waals surface area contributed by atoms with Crippen molar-refractivity contribution in [3.05, 3.63) is 29.6 Å². The Balaban J connectivity index is 2.47. The minimum absolute atomic E-state index is 0.0694. The van der Waals surface area contributed by atoms with Gasteiger partial charge in [-0.25, -0.2) is 12.8 Å². The predicted octanol–water partition coefficient (Wildman–Crippen LogP) is 2.19. The highest BCUT2D eigenvalue weighted by Gasteiger charge is 2.34. The molecular weight excluding hydrogens is 313 g/mol. The number of benzene rings is 1. The molecule has 0 saturated carbocycles. The van der Waals surface area contributed by atoms with Gasteiger partial charge in [0.2, 0.25) is 0 Å². The summed E-state index contributed by atoms with van der Waals surface area (Å²) < 4.78 is 38.0. The first-order chi connectivity index (χ1) is 9.86. The van der Waals surface area contributed by atoms with Crippen molar-refractivity contribution in [2.24, 2.45) is 0 Å². The first kappa shape index (κ1) is 16.6. The lowest BCUT2D eigenvalue weighted by Gasteiger charge is -2.38. The van der Waals surface area contributed by atoms with Crippen molar-refractivity contribution in [2.75, 3.05) is 28.7 Å². The topological polar surface area (TPSA) is 57.6 Å². The molecule has 1 aromatic carbocycles. The van der Waals surface area contributed by atoms with E-state index in [0.717, 1.165) is 5.75 Å². The van der Waals surface area contributed by atoms with Gasteiger partial charge in [-0.05, 0) is 25.1 Å². The zero-order chi connectivity index (χ0) is 15.6. The fourth-order valence-electron chi connectivity index (χ4n) is 2.47. The van der Waals surface area contributed by atoms with Crippen LogP contribution in [0.3, 0.4) is 0 Å². The molecule has 1 N–H and O–H groups in total. The van der Waals surface area contributed by atoms with Gasteiger partial charge in [0.15, 0.2) is 9.84 Å². The van der Waals surface area contributed by atoms with E-state index < -0.39 is 27.1 Å². The first-order valence-corrected chi connectivity index (χ1v) is 9.77. The van der Waals surface area contributed by atoms with Gasteiger partial charge in [0.1, 0.15) is 11.2 Å². The van der Waals surface area contributed by atoms with Crippen LogP contribution in [0.5, 0.6) is 0 Å². The molecule has 2 rings (SSSR count). The van der Waals surface area contributed by atoms with E-state index in [1.165, 1.54) is 12.1 Å². The molecule has 0 aromatic heterocycles. The number of hydrogen-bond donors (Lipinski definition) is 1. The number of aliphatic hydroxyl groups excluding tert-OH is 1. The van der Waals surface area contributed by atoms with E-state index in [2.05, 4.69) is 0 Å². The molecule has 4 nitrogen and oxygen atoms in total. The van der Waals surface area contributed by atoms with Crippen LogP contribution in [-0.2, 0) is 9.84 Å². The third-order valence-corrected chi connectivity index (χ3v) is 6.94. The van der Waals surface area contributed by atoms with Crippen LogP contribution in [0.15, 0.2) is 18.2 Å². The minimum atomic E-state index is -3.24. The van der Waals surface area contributed by atoms with Gasteiger partial charge in [-0.3, -0.25) is 0 Å². The maximum atomic E-state index is 13.4. The molecule has 1 heterocycles. The molecule has 1 aromatic rings. The summed E-state index contributed by atoms with van der Waals surface area (Å²) in [5, 5.41) is 9.24. The van der Waals surface area contributed by atoms with Gasteiger partial charge in [0.25, 0.3) is 0 Å². The summed E-state index contributed by atoms with van der Waals surface area (Å²) in [5.74, 6) is 0.940. The van der Waals surface area contributed by atoms with Crippen molar-refractivity contribution >= 4 is 27.3 Å². The Morgan fingerprint density at radius 2 is 2.24 bits per heavy atom. The van der Waals surface area contributed by atoms with Crippen LogP contribution in [0.2, 0.25) is 0 Å². The number of rotatable bonds is 4. The Bertz CT molecular complexity index is 604. The van der Waals surface area contributed by atoms with Crippen molar-refractivity contribution in [3.8, 4) is 0 Å². The molecule has 7 heteroatoms. The van der Waals surface area contributed by atoms with Gasteiger partial charge in [-0.1, -0.05) is 6.92 Å². The lowest BCUT2D eigenvalue weighted by Crippen LogP contribution is -2.48. The SMILES string of the molecule is CCS(=O)(=O)C1CSCCN1c1ccc(F)cc1C(C)O. The molecular formula is C14H20FNO3S2. The number of anilines is 1. The molecule has 1 aliphatic rings. The van der Waals surface area contributed by atoms with Gasteiger partial charge in [-0.2, -0.15) is 11.8 Å². The molecule has 0 spiro atoms. The highest BCUT2D eigenvalue weighted by molar-refractivity contribution is 8.01. The van der Waals surface area contributed by atoms with Gasteiger partial charge in [0, 0.05) is 35.1 Å². The maximum absolute atomic E-state index is 13.4. The monoisotopic (exact) mass is 333 g/mol. The number of nitrogens with zero attached hydrogens (tertiary/aromatic N) is 1. The van der Waals surface area contributed by atoms with E-state index in [4.69, 9.17) is 0 Å². The quantitative estimate of drug-likeness (QED) is 0.915. The third-order valence-electron chi connectivity index (χ3n) is 3.65. The minimum Gasteiger partial charge on any atom is -0.389 e. The smallest absolute Gasteiger partial charge is 0.171 e. The summed E-state index contributed by atoms with van der Waals surface area (Å²) in [5.41, 5.74) is 1.03. The molecule has 0 radical (unpaired) electrons. The Labute approximate surface area is 129 Å². The van der Waals surface area contributed by atoms with Crippen LogP contribution in [0.4, 0.5) is 10.1 Å². The molecule has 1 aliphatic heterocycles. The summed E-state index contributed by atoms with van der Waals surface area (Å²) in [6.07, 6.45) is -0.852. The number of aliphatic hydroxyl groups is 1. The zero-order valence-corrected chi connectivity index (χ0v) is 13.8. The molecule has 0 aliphatic carbocycles. The Hall–Kier alpha value is -0.790. The normalized spacial score (nSPS) is 21.3. The second-order valence-electron chi connectivity index (χ2n) is 5.05. The average molecular weight is 333 g/mol. The van der Waals surface area contributed by atoms with Crippen LogP contribution in [0.25, 0.3) is 0 Å². The first-order valence-electron chi connectivity index (χ1n) is 6.90. The largest absolute Gasteiger partial charge is 0.389 e. The molecule has 1 saturated heterocycles. The van der Waals surface area contributed by atoms with E-state index in [-0.39, 0.29) is 5.75 Å². The van der Waals surface area contributed by atoms with Gasteiger partial charge >= 0.3 is 0 Å². The lowest BCUT2D eigenvalue weighted by atomic mass is 10.1. The predicted molar refractivity (Wildman–Crippen MR) is 85.0 cm³/mol. The van der Waals surface area contributed by atoms with Crippen molar-refractivity contribution in [1.82, 2.24) is 0 Å². The summed E-state index contributed by atoms with van der Waals surface area (Å²) in [6.45, 7) is 3.76. The Morgan fingerprint density at radius 1 is 1.52 bits per heavy atom. The van der Waals surface area contributed by atoms with Crippen LogP contribution in [0, 0.1) is 5.82 Å². The molecule has 0 bridgehead atoms. The van der Waals surface area contributed by atoms with E-state index in [1.807, 2.05) is 0 Å². The Kier molecular flexibility index (Phi) is 5.16. The summed E-state index contributed by atoms with van der Waals surface area (Å²) in [7, 11) is -3.24. The molecule has 118 valence electrons. The summed E-state index contributed by atoms with van der Waals surface area (Å²) >= 11 is 1.60. The van der Waals surface area contributed by atoms with Crippen LogP contribution >= 0.6 is 11.8 Å². The van der Waals surface area contributed by atoms with E-state index in [1.54, 1.807) is 36.6 Å². The number of hydrogen-bond acceptors (Lipinski definition) is 5. The van der Waals surface area contributed by atoms with Gasteiger partial charge in [0.05, 0.1) is 6.10 Å². The standard InChI is InChI=1S/C14H20FNO3S2/c1-3-21(18,19)14-9-20-7-6-16(14)13-5-4-11(15)8-12(13)10(2)17/h4-5,8,10,14,17H,3,6-7,9H2,1-2H3. The van der Waals surface area contributed by atoms with Gasteiger partial charge in [-0.15, -0.1) is 0 Å². The number of halogens is 1. The number of sulfone groups is 1. The fourth-order valence-corrected chi connectivity index (χ4v) is 5.45. The van der Waals surface area contributed by atoms with Crippen molar-refractivity contribution < 1.29 is 17.9 Å². The van der Waals surface area contributed by atoms with Gasteiger partial charge < -0.3 is 10.0 Å². The van der Waals surface area contributed by atoms with E-state index in [9.17, 15) is 17.9 Å². The lowest BCUT2D eigenvalue weighted by molar-refractivity contribution is 0.199. The number of thioether (sulfide) groups is 1. The second-order valence-corrected chi connectivity index (χ2v) is 8.65. The van der Waals surface area contributed by atoms with E-state index in [0.29, 0.717) is 23.5 Å². The van der Waals surface area contributed by atoms with Crippen molar-refractivity contribution in [1.29, 1.82) is 0 Å². The zero-order valence-electron chi connectivity index (χ0n) is 12.1. The molecule has 1 fully saturated rings. The molecule has 2 unspecified atom stereocenters.